The van der Waals surface area contributed by atoms with Gasteiger partial charge in [-0.2, -0.15) is 5.26 Å². The van der Waals surface area contributed by atoms with Crippen LogP contribution in [0, 0.1) is 11.3 Å². The molecule has 5 heteroatoms. The molecule has 0 saturated carbocycles. The molecule has 0 fully saturated rings. The minimum Gasteiger partial charge on any atom is -0.377 e. The molecular weight excluding hydrogens is 158 g/mol. The van der Waals surface area contributed by atoms with Crippen molar-refractivity contribution in [3.63, 3.8) is 0 Å². The SMILES string of the molecule is N#CCCCl.NC(N)=S. The van der Waals surface area contributed by atoms with Crippen molar-refractivity contribution in [1.82, 2.24) is 0 Å². The molecular formula is C4H8ClN3S. The van der Waals surface area contributed by atoms with Gasteiger partial charge in [0.1, 0.15) is 0 Å². The van der Waals surface area contributed by atoms with Crippen LogP contribution in [0.3, 0.4) is 0 Å². The van der Waals surface area contributed by atoms with E-state index >= 15 is 0 Å². The lowest BCUT2D eigenvalue weighted by molar-refractivity contribution is 1.23. The summed E-state index contributed by atoms with van der Waals surface area (Å²) in [5.41, 5.74) is 9.24. The lowest BCUT2D eigenvalue weighted by atomic mass is 10.6. The molecule has 0 aliphatic rings. The van der Waals surface area contributed by atoms with E-state index in [0.717, 1.165) is 0 Å². The third-order valence-corrected chi connectivity index (χ3v) is 0.395. The molecule has 0 aromatic rings. The van der Waals surface area contributed by atoms with Crippen molar-refractivity contribution < 1.29 is 0 Å². The molecule has 0 atom stereocenters. The standard InChI is InChI=1S/C3H4ClN.CH4N2S/c4-2-1-3-5;2-1(3)4/h1-2H2;(H4,2,3,4). The van der Waals surface area contributed by atoms with Gasteiger partial charge in [-0.3, -0.25) is 0 Å². The number of halogens is 1. The van der Waals surface area contributed by atoms with E-state index in [9.17, 15) is 0 Å². The first kappa shape index (κ1) is 11.3. The van der Waals surface area contributed by atoms with Gasteiger partial charge in [0.25, 0.3) is 0 Å². The molecule has 52 valence electrons. The van der Waals surface area contributed by atoms with Crippen LogP contribution in [0.5, 0.6) is 0 Å². The fourth-order valence-corrected chi connectivity index (χ4v) is 0.127. The van der Waals surface area contributed by atoms with Crippen molar-refractivity contribution in [3.05, 3.63) is 0 Å². The van der Waals surface area contributed by atoms with Crippen LogP contribution in [0.15, 0.2) is 0 Å². The summed E-state index contributed by atoms with van der Waals surface area (Å²) in [7, 11) is 0. The number of thiocarbonyl (C=S) groups is 1. The maximum atomic E-state index is 7.73. The highest BCUT2D eigenvalue weighted by molar-refractivity contribution is 7.80. The van der Waals surface area contributed by atoms with E-state index in [1.54, 1.807) is 0 Å². The Morgan fingerprint density at radius 2 is 2.00 bits per heavy atom. The Hall–Kier alpha value is -0.530. The predicted molar refractivity (Wildman–Crippen MR) is 41.9 cm³/mol. The van der Waals surface area contributed by atoms with Crippen molar-refractivity contribution in [1.29, 1.82) is 5.26 Å². The highest BCUT2D eigenvalue weighted by Crippen LogP contribution is 1.76. The minimum atomic E-state index is 0.000000000000000222. The fourth-order valence-electron chi connectivity index (χ4n) is 0.0423. The molecule has 9 heavy (non-hydrogen) atoms. The van der Waals surface area contributed by atoms with Crippen LogP contribution >= 0.6 is 23.8 Å². The Labute approximate surface area is 64.6 Å². The van der Waals surface area contributed by atoms with Crippen LogP contribution in [-0.2, 0) is 0 Å². The lowest BCUT2D eigenvalue weighted by Gasteiger charge is -1.68. The number of hydrogen-bond donors (Lipinski definition) is 2. The molecule has 0 rings (SSSR count). The summed E-state index contributed by atoms with van der Waals surface area (Å²) in [6.07, 6.45) is 0.460. The number of hydrogen-bond acceptors (Lipinski definition) is 2. The summed E-state index contributed by atoms with van der Waals surface area (Å²) in [4.78, 5) is 0. The van der Waals surface area contributed by atoms with E-state index in [2.05, 4.69) is 23.7 Å². The molecule has 0 aliphatic heterocycles. The van der Waals surface area contributed by atoms with Gasteiger partial charge < -0.3 is 11.5 Å². The molecule has 0 aromatic carbocycles. The number of nitriles is 1. The molecule has 0 saturated heterocycles. The van der Waals surface area contributed by atoms with E-state index in [-0.39, 0.29) is 5.11 Å². The van der Waals surface area contributed by atoms with Gasteiger partial charge in [0.15, 0.2) is 5.11 Å². The molecule has 4 N–H and O–H groups in total. The molecule has 0 spiro atoms. The molecule has 3 nitrogen and oxygen atoms in total. The van der Waals surface area contributed by atoms with Gasteiger partial charge in [-0.1, -0.05) is 0 Å². The van der Waals surface area contributed by atoms with Gasteiger partial charge in [0, 0.05) is 12.3 Å². The maximum absolute atomic E-state index is 7.73. The molecule has 0 bridgehead atoms. The number of nitrogens with two attached hydrogens (primary N) is 2. The molecule has 0 aliphatic carbocycles. The van der Waals surface area contributed by atoms with Gasteiger partial charge in [-0.05, 0) is 12.2 Å². The van der Waals surface area contributed by atoms with Gasteiger partial charge in [-0.25, -0.2) is 0 Å². The van der Waals surface area contributed by atoms with Crippen molar-refractivity contribution in [2.75, 3.05) is 5.88 Å². The zero-order valence-corrected chi connectivity index (χ0v) is 6.37. The Bertz CT molecular complexity index is 105. The van der Waals surface area contributed by atoms with E-state index < -0.39 is 0 Å². The van der Waals surface area contributed by atoms with Crippen LogP contribution < -0.4 is 11.5 Å². The Morgan fingerprint density at radius 3 is 2.00 bits per heavy atom. The molecule has 0 aromatic heterocycles. The second-order valence-corrected chi connectivity index (χ2v) is 1.85. The van der Waals surface area contributed by atoms with Crippen LogP contribution in [0.25, 0.3) is 0 Å². The van der Waals surface area contributed by atoms with Gasteiger partial charge in [0.2, 0.25) is 0 Å². The summed E-state index contributed by atoms with van der Waals surface area (Å²) >= 11 is 9.17. The summed E-state index contributed by atoms with van der Waals surface area (Å²) in [5, 5.41) is 7.73. The van der Waals surface area contributed by atoms with E-state index in [1.165, 1.54) is 0 Å². The first-order valence-electron chi connectivity index (χ1n) is 2.13. The Balaban J connectivity index is 0. The van der Waals surface area contributed by atoms with Crippen LogP contribution in [0.1, 0.15) is 6.42 Å². The number of rotatable bonds is 1. The normalized spacial score (nSPS) is 6.22. The maximum Gasteiger partial charge on any atom is 0.160 e. The zero-order chi connectivity index (χ0) is 7.70. The van der Waals surface area contributed by atoms with Gasteiger partial charge >= 0.3 is 0 Å². The summed E-state index contributed by atoms with van der Waals surface area (Å²) in [6, 6.07) is 1.89. The zero-order valence-electron chi connectivity index (χ0n) is 4.80. The predicted octanol–water partition coefficient (Wildman–Crippen LogP) is 0.328. The average Bonchev–Trinajstić information content (AvgIpc) is 1.66. The molecule has 0 radical (unpaired) electrons. The summed E-state index contributed by atoms with van der Waals surface area (Å²) in [6.45, 7) is 0. The third kappa shape index (κ3) is 103. The van der Waals surface area contributed by atoms with Gasteiger partial charge in [-0.15, -0.1) is 11.6 Å². The molecule has 0 heterocycles. The Morgan fingerprint density at radius 1 is 1.67 bits per heavy atom. The van der Waals surface area contributed by atoms with Crippen LogP contribution in [-0.4, -0.2) is 11.0 Å². The monoisotopic (exact) mass is 165 g/mol. The Kier molecular flexibility index (Phi) is 13.1. The minimum absolute atomic E-state index is 0.000000000000000222. The van der Waals surface area contributed by atoms with Gasteiger partial charge in [0.05, 0.1) is 6.07 Å². The molecule has 0 unspecified atom stereocenters. The average molecular weight is 166 g/mol. The van der Waals surface area contributed by atoms with Crippen LogP contribution in [0.2, 0.25) is 0 Å². The summed E-state index contributed by atoms with van der Waals surface area (Å²) < 4.78 is 0. The lowest BCUT2D eigenvalue weighted by Crippen LogP contribution is -2.18. The van der Waals surface area contributed by atoms with E-state index in [1.807, 2.05) is 6.07 Å². The smallest absolute Gasteiger partial charge is 0.160 e. The van der Waals surface area contributed by atoms with Crippen molar-refractivity contribution >= 4 is 28.9 Å². The largest absolute Gasteiger partial charge is 0.377 e. The van der Waals surface area contributed by atoms with Crippen molar-refractivity contribution in [2.45, 2.75) is 6.42 Å². The summed E-state index contributed by atoms with van der Waals surface area (Å²) in [5.74, 6) is 0.455. The highest BCUT2D eigenvalue weighted by atomic mass is 35.5. The van der Waals surface area contributed by atoms with E-state index in [0.29, 0.717) is 12.3 Å². The number of alkyl halides is 1. The highest BCUT2D eigenvalue weighted by Gasteiger charge is 1.67. The quantitative estimate of drug-likeness (QED) is 0.434. The van der Waals surface area contributed by atoms with Crippen molar-refractivity contribution in [2.24, 2.45) is 11.5 Å². The third-order valence-electron chi connectivity index (χ3n) is 0.206. The topological polar surface area (TPSA) is 75.8 Å². The fraction of sp³-hybridized carbons (Fsp3) is 0.500. The second kappa shape index (κ2) is 10.5. The first-order valence-corrected chi connectivity index (χ1v) is 3.07. The number of nitrogens with zero attached hydrogens (tertiary/aromatic N) is 1. The molecule has 0 amide bonds. The first-order chi connectivity index (χ1) is 4.15. The second-order valence-electron chi connectivity index (χ2n) is 0.999. The van der Waals surface area contributed by atoms with E-state index in [4.69, 9.17) is 16.9 Å². The van der Waals surface area contributed by atoms with Crippen LogP contribution in [0.4, 0.5) is 0 Å². The van der Waals surface area contributed by atoms with Crippen molar-refractivity contribution in [3.8, 4) is 6.07 Å².